The van der Waals surface area contributed by atoms with Crippen LogP contribution in [-0.4, -0.2) is 48.8 Å². The van der Waals surface area contributed by atoms with Crippen molar-refractivity contribution in [3.05, 3.63) is 0 Å². The van der Waals surface area contributed by atoms with Gasteiger partial charge in [0.25, 0.3) is 0 Å². The molecule has 1 N–H and O–H groups in total. The molecule has 102 valence electrons. The van der Waals surface area contributed by atoms with Crippen LogP contribution in [0.15, 0.2) is 0 Å². The van der Waals surface area contributed by atoms with E-state index in [2.05, 4.69) is 10.2 Å². The minimum atomic E-state index is 0.563. The van der Waals surface area contributed by atoms with Crippen molar-refractivity contribution in [3.63, 3.8) is 0 Å². The van der Waals surface area contributed by atoms with Crippen molar-refractivity contribution in [1.29, 1.82) is 0 Å². The normalized spacial score (nSPS) is 47.7. The summed E-state index contributed by atoms with van der Waals surface area (Å²) < 4.78 is 5.91. The number of ether oxygens (including phenoxy) is 1. The molecule has 0 aliphatic carbocycles. The Kier molecular flexibility index (Phi) is 3.10. The summed E-state index contributed by atoms with van der Waals surface area (Å²) in [4.78, 5) is 2.68. The van der Waals surface area contributed by atoms with E-state index >= 15 is 0 Å². The zero-order valence-corrected chi connectivity index (χ0v) is 11.3. The van der Waals surface area contributed by atoms with Crippen molar-refractivity contribution < 1.29 is 4.74 Å². The van der Waals surface area contributed by atoms with Gasteiger partial charge in [0, 0.05) is 25.2 Å². The standard InChI is InChI=1S/C15H26N2O/c1-2-13-8-11(7-12(1)16-13)5-6-17-9-14-3-4-15(10-17)18-14/h11-16H,1-10H2. The van der Waals surface area contributed by atoms with Gasteiger partial charge < -0.3 is 10.1 Å². The quantitative estimate of drug-likeness (QED) is 0.826. The third kappa shape index (κ3) is 2.33. The number of hydrogen-bond donors (Lipinski definition) is 1. The molecule has 3 heteroatoms. The Morgan fingerprint density at radius 3 is 2.28 bits per heavy atom. The molecule has 3 nitrogen and oxygen atoms in total. The molecule has 0 aromatic carbocycles. The second-order valence-corrected chi connectivity index (χ2v) is 6.98. The van der Waals surface area contributed by atoms with Crippen LogP contribution in [-0.2, 0) is 4.74 Å². The molecule has 0 saturated carbocycles. The molecular formula is C15H26N2O. The van der Waals surface area contributed by atoms with Crippen molar-refractivity contribution in [2.45, 2.75) is 69.2 Å². The maximum atomic E-state index is 5.91. The Balaban J connectivity index is 1.26. The Labute approximate surface area is 110 Å². The number of nitrogens with one attached hydrogen (secondary N) is 1. The van der Waals surface area contributed by atoms with Crippen LogP contribution in [0.25, 0.3) is 0 Å². The van der Waals surface area contributed by atoms with Crippen LogP contribution in [0.1, 0.15) is 44.9 Å². The molecule has 4 atom stereocenters. The van der Waals surface area contributed by atoms with E-state index in [1.807, 2.05) is 0 Å². The molecule has 4 rings (SSSR count). The number of hydrogen-bond acceptors (Lipinski definition) is 3. The fourth-order valence-electron chi connectivity index (χ4n) is 4.66. The van der Waals surface area contributed by atoms with Gasteiger partial charge in [-0.1, -0.05) is 0 Å². The highest BCUT2D eigenvalue weighted by molar-refractivity contribution is 4.92. The minimum absolute atomic E-state index is 0.563. The average Bonchev–Trinajstić information content (AvgIpc) is 2.89. The second-order valence-electron chi connectivity index (χ2n) is 6.98. The van der Waals surface area contributed by atoms with Crippen molar-refractivity contribution in [3.8, 4) is 0 Å². The zero-order valence-electron chi connectivity index (χ0n) is 11.3. The third-order valence-electron chi connectivity index (χ3n) is 5.54. The van der Waals surface area contributed by atoms with Gasteiger partial charge in [0.2, 0.25) is 0 Å². The summed E-state index contributed by atoms with van der Waals surface area (Å²) >= 11 is 0. The van der Waals surface area contributed by atoms with Crippen LogP contribution in [0.3, 0.4) is 0 Å². The molecule has 4 aliphatic heterocycles. The molecule has 0 amide bonds. The summed E-state index contributed by atoms with van der Waals surface area (Å²) in [5.74, 6) is 0.990. The Morgan fingerprint density at radius 1 is 0.944 bits per heavy atom. The number of piperidine rings is 1. The molecule has 4 bridgehead atoms. The molecule has 0 aromatic rings. The lowest BCUT2D eigenvalue weighted by atomic mass is 9.89. The van der Waals surface area contributed by atoms with Crippen LogP contribution in [0, 0.1) is 5.92 Å². The van der Waals surface area contributed by atoms with Crippen molar-refractivity contribution in [1.82, 2.24) is 10.2 Å². The first-order valence-electron chi connectivity index (χ1n) is 7.99. The molecule has 0 radical (unpaired) electrons. The fourth-order valence-corrected chi connectivity index (χ4v) is 4.66. The first-order chi connectivity index (χ1) is 8.85. The maximum Gasteiger partial charge on any atom is 0.0707 e. The Morgan fingerprint density at radius 2 is 1.61 bits per heavy atom. The van der Waals surface area contributed by atoms with Gasteiger partial charge in [-0.3, -0.25) is 4.90 Å². The third-order valence-corrected chi connectivity index (χ3v) is 5.54. The van der Waals surface area contributed by atoms with Gasteiger partial charge in [-0.15, -0.1) is 0 Å². The van der Waals surface area contributed by atoms with E-state index < -0.39 is 0 Å². The zero-order chi connectivity index (χ0) is 11.9. The van der Waals surface area contributed by atoms with Crippen molar-refractivity contribution in [2.75, 3.05) is 19.6 Å². The summed E-state index contributed by atoms with van der Waals surface area (Å²) in [6, 6.07) is 1.71. The van der Waals surface area contributed by atoms with Gasteiger partial charge in [-0.05, 0) is 57.4 Å². The van der Waals surface area contributed by atoms with E-state index in [0.29, 0.717) is 12.2 Å². The van der Waals surface area contributed by atoms with Gasteiger partial charge in [0.1, 0.15) is 0 Å². The SMILES string of the molecule is C(CN1CC2CCC(C1)O2)C1CC2CCC(C1)N2. The van der Waals surface area contributed by atoms with E-state index in [0.717, 1.165) is 18.0 Å². The molecule has 4 heterocycles. The van der Waals surface area contributed by atoms with Crippen LogP contribution in [0.2, 0.25) is 0 Å². The smallest absolute Gasteiger partial charge is 0.0707 e. The highest BCUT2D eigenvalue weighted by Crippen LogP contribution is 2.33. The minimum Gasteiger partial charge on any atom is -0.372 e. The monoisotopic (exact) mass is 250 g/mol. The van der Waals surface area contributed by atoms with E-state index in [4.69, 9.17) is 4.74 Å². The van der Waals surface area contributed by atoms with Gasteiger partial charge in [0.05, 0.1) is 12.2 Å². The summed E-state index contributed by atoms with van der Waals surface area (Å²) in [6.45, 7) is 3.73. The molecule has 0 spiro atoms. The summed E-state index contributed by atoms with van der Waals surface area (Å²) in [6.07, 6.45) is 10.9. The van der Waals surface area contributed by atoms with Gasteiger partial charge in [-0.2, -0.15) is 0 Å². The first kappa shape index (κ1) is 11.7. The predicted octanol–water partition coefficient (Wildman–Crippen LogP) is 1.77. The molecule has 4 aliphatic rings. The lowest BCUT2D eigenvalue weighted by Crippen LogP contribution is -2.44. The molecule has 4 unspecified atom stereocenters. The van der Waals surface area contributed by atoms with Gasteiger partial charge in [-0.25, -0.2) is 0 Å². The summed E-state index contributed by atoms with van der Waals surface area (Å²) in [5, 5.41) is 3.75. The van der Waals surface area contributed by atoms with E-state index in [1.54, 1.807) is 0 Å². The lowest BCUT2D eigenvalue weighted by molar-refractivity contribution is -0.0399. The second kappa shape index (κ2) is 4.77. The average molecular weight is 250 g/mol. The van der Waals surface area contributed by atoms with E-state index in [9.17, 15) is 0 Å². The molecule has 0 aromatic heterocycles. The van der Waals surface area contributed by atoms with Crippen LogP contribution in [0.4, 0.5) is 0 Å². The largest absolute Gasteiger partial charge is 0.372 e. The molecule has 4 saturated heterocycles. The van der Waals surface area contributed by atoms with Crippen molar-refractivity contribution in [2.24, 2.45) is 5.92 Å². The molecular weight excluding hydrogens is 224 g/mol. The van der Waals surface area contributed by atoms with Crippen LogP contribution in [0.5, 0.6) is 0 Å². The number of nitrogens with zero attached hydrogens (tertiary/aromatic N) is 1. The molecule has 4 fully saturated rings. The van der Waals surface area contributed by atoms with Crippen LogP contribution < -0.4 is 5.32 Å². The highest BCUT2D eigenvalue weighted by Gasteiger charge is 2.35. The Hall–Kier alpha value is -0.120. The first-order valence-corrected chi connectivity index (χ1v) is 7.99. The van der Waals surface area contributed by atoms with Gasteiger partial charge >= 0.3 is 0 Å². The number of rotatable bonds is 3. The fraction of sp³-hybridized carbons (Fsp3) is 1.00. The lowest BCUT2D eigenvalue weighted by Gasteiger charge is -2.34. The highest BCUT2D eigenvalue weighted by atomic mass is 16.5. The summed E-state index contributed by atoms with van der Waals surface area (Å²) in [7, 11) is 0. The Bertz CT molecular complexity index is 255. The van der Waals surface area contributed by atoms with Crippen LogP contribution >= 0.6 is 0 Å². The molecule has 18 heavy (non-hydrogen) atoms. The van der Waals surface area contributed by atoms with Gasteiger partial charge in [0.15, 0.2) is 0 Å². The number of fused-ring (bicyclic) bond motifs is 4. The predicted molar refractivity (Wildman–Crippen MR) is 71.6 cm³/mol. The van der Waals surface area contributed by atoms with E-state index in [-0.39, 0.29) is 0 Å². The number of morpholine rings is 1. The topological polar surface area (TPSA) is 24.5 Å². The number of likely N-dealkylation sites (tertiary alicyclic amines) is 1. The van der Waals surface area contributed by atoms with Crippen molar-refractivity contribution >= 4 is 0 Å². The van der Waals surface area contributed by atoms with E-state index in [1.165, 1.54) is 64.6 Å². The maximum absolute atomic E-state index is 5.91. The summed E-state index contributed by atoms with van der Waals surface area (Å²) in [5.41, 5.74) is 0.